The van der Waals surface area contributed by atoms with Crippen molar-refractivity contribution in [1.82, 2.24) is 25.1 Å². The van der Waals surface area contributed by atoms with E-state index in [4.69, 9.17) is 0 Å². The van der Waals surface area contributed by atoms with Gasteiger partial charge in [-0.1, -0.05) is 6.07 Å². The molecule has 0 unspecified atom stereocenters. The minimum absolute atomic E-state index is 0.109. The number of hydrogen-bond acceptors (Lipinski definition) is 6. The summed E-state index contributed by atoms with van der Waals surface area (Å²) in [4.78, 5) is 14.6. The molecule has 0 aliphatic carbocycles. The molecule has 1 fully saturated rings. The Kier molecular flexibility index (Phi) is 5.10. The smallest absolute Gasteiger partial charge is 0.253 e. The maximum absolute atomic E-state index is 13.1. The molecule has 2 heterocycles. The predicted molar refractivity (Wildman–Crippen MR) is 102 cm³/mol. The van der Waals surface area contributed by atoms with E-state index < -0.39 is 20.9 Å². The third-order valence-electron chi connectivity index (χ3n) is 5.02. The molecule has 1 amide bonds. The summed E-state index contributed by atoms with van der Waals surface area (Å²) in [5, 5.41) is 10.4. The molecule has 10 heteroatoms. The van der Waals surface area contributed by atoms with Crippen LogP contribution in [0, 0.1) is 5.82 Å². The van der Waals surface area contributed by atoms with Gasteiger partial charge in [-0.3, -0.25) is 4.79 Å². The molecule has 1 saturated heterocycles. The summed E-state index contributed by atoms with van der Waals surface area (Å²) in [7, 11) is -3.56. The molecule has 0 bridgehead atoms. The van der Waals surface area contributed by atoms with Gasteiger partial charge < -0.3 is 4.90 Å². The molecule has 0 N–H and O–H groups in total. The Balaban J connectivity index is 1.45. The summed E-state index contributed by atoms with van der Waals surface area (Å²) in [6.07, 6.45) is 2.10. The summed E-state index contributed by atoms with van der Waals surface area (Å²) in [6, 6.07) is 11.8. The third-order valence-corrected chi connectivity index (χ3v) is 7.30. The fourth-order valence-corrected chi connectivity index (χ4v) is 5.16. The second kappa shape index (κ2) is 7.70. The summed E-state index contributed by atoms with van der Waals surface area (Å²) < 4.78 is 40.1. The van der Waals surface area contributed by atoms with Gasteiger partial charge in [0.1, 0.15) is 12.1 Å². The van der Waals surface area contributed by atoms with Crippen LogP contribution in [-0.2, 0) is 9.84 Å². The largest absolute Gasteiger partial charge is 0.339 e. The van der Waals surface area contributed by atoms with Crippen molar-refractivity contribution in [3.63, 3.8) is 0 Å². The van der Waals surface area contributed by atoms with Crippen molar-refractivity contribution in [2.24, 2.45) is 0 Å². The SMILES string of the molecule is O=C(c1cccc(-n2cnnn2)c1)N1CCC(S(=O)(=O)c2ccc(F)cc2)CC1. The van der Waals surface area contributed by atoms with Crippen molar-refractivity contribution >= 4 is 15.7 Å². The normalized spacial score (nSPS) is 15.4. The summed E-state index contributed by atoms with van der Waals surface area (Å²) >= 11 is 0. The highest BCUT2D eigenvalue weighted by molar-refractivity contribution is 7.92. The second-order valence-electron chi connectivity index (χ2n) is 6.80. The van der Waals surface area contributed by atoms with E-state index in [0.717, 1.165) is 12.1 Å². The number of likely N-dealkylation sites (tertiary alicyclic amines) is 1. The number of piperidine rings is 1. The summed E-state index contributed by atoms with van der Waals surface area (Å²) in [6.45, 7) is 0.665. The average Bonchev–Trinajstić information content (AvgIpc) is 3.29. The van der Waals surface area contributed by atoms with E-state index in [2.05, 4.69) is 15.5 Å². The van der Waals surface area contributed by atoms with Gasteiger partial charge in [-0.25, -0.2) is 17.5 Å². The molecule has 1 aromatic heterocycles. The number of aromatic nitrogens is 4. The van der Waals surface area contributed by atoms with Gasteiger partial charge in [-0.2, -0.15) is 0 Å². The first-order chi connectivity index (χ1) is 13.9. The zero-order chi connectivity index (χ0) is 20.4. The van der Waals surface area contributed by atoms with Gasteiger partial charge in [0.25, 0.3) is 5.91 Å². The minimum atomic E-state index is -3.56. The van der Waals surface area contributed by atoms with Crippen LogP contribution in [0.2, 0.25) is 0 Å². The van der Waals surface area contributed by atoms with Gasteiger partial charge in [0.15, 0.2) is 9.84 Å². The molecule has 29 heavy (non-hydrogen) atoms. The highest BCUT2D eigenvalue weighted by Gasteiger charge is 2.33. The molecule has 150 valence electrons. The summed E-state index contributed by atoms with van der Waals surface area (Å²) in [5.41, 5.74) is 1.15. The number of hydrogen-bond donors (Lipinski definition) is 0. The number of carbonyl (C=O) groups is 1. The Hall–Kier alpha value is -3.14. The Morgan fingerprint density at radius 2 is 1.79 bits per heavy atom. The van der Waals surface area contributed by atoms with Gasteiger partial charge in [-0.05, 0) is 65.7 Å². The van der Waals surface area contributed by atoms with Crippen molar-refractivity contribution in [3.8, 4) is 5.69 Å². The number of halogens is 1. The first-order valence-corrected chi connectivity index (χ1v) is 10.6. The van der Waals surface area contributed by atoms with Crippen LogP contribution >= 0.6 is 0 Å². The molecule has 8 nitrogen and oxygen atoms in total. The maximum Gasteiger partial charge on any atom is 0.253 e. The number of sulfone groups is 1. The van der Waals surface area contributed by atoms with Crippen LogP contribution in [-0.4, -0.2) is 57.8 Å². The molecule has 0 saturated carbocycles. The zero-order valence-corrected chi connectivity index (χ0v) is 16.2. The van der Waals surface area contributed by atoms with E-state index in [-0.39, 0.29) is 10.8 Å². The van der Waals surface area contributed by atoms with E-state index >= 15 is 0 Å². The molecular formula is C19H18FN5O3S. The van der Waals surface area contributed by atoms with Crippen LogP contribution in [0.15, 0.2) is 59.8 Å². The number of benzene rings is 2. The van der Waals surface area contributed by atoms with Crippen molar-refractivity contribution in [2.45, 2.75) is 23.0 Å². The van der Waals surface area contributed by atoms with Crippen LogP contribution in [0.3, 0.4) is 0 Å². The third kappa shape index (κ3) is 3.88. The van der Waals surface area contributed by atoms with Gasteiger partial charge in [0.05, 0.1) is 15.8 Å². The molecule has 3 aromatic rings. The van der Waals surface area contributed by atoms with E-state index in [1.165, 1.54) is 23.1 Å². The number of nitrogens with zero attached hydrogens (tertiary/aromatic N) is 5. The molecular weight excluding hydrogens is 397 g/mol. The van der Waals surface area contributed by atoms with Gasteiger partial charge in [-0.15, -0.1) is 5.10 Å². The Bertz CT molecular complexity index is 1110. The first-order valence-electron chi connectivity index (χ1n) is 9.07. The van der Waals surface area contributed by atoms with Crippen LogP contribution in [0.4, 0.5) is 4.39 Å². The quantitative estimate of drug-likeness (QED) is 0.604. The first kappa shape index (κ1) is 19.2. The average molecular weight is 415 g/mol. The van der Waals surface area contributed by atoms with Crippen LogP contribution in [0.1, 0.15) is 23.2 Å². The van der Waals surface area contributed by atoms with Crippen molar-refractivity contribution in [2.75, 3.05) is 13.1 Å². The van der Waals surface area contributed by atoms with Crippen LogP contribution in [0.5, 0.6) is 0 Å². The molecule has 0 spiro atoms. The Labute approximate surface area is 166 Å². The number of amides is 1. The minimum Gasteiger partial charge on any atom is -0.339 e. The van der Waals surface area contributed by atoms with Crippen molar-refractivity contribution in [1.29, 1.82) is 0 Å². The van der Waals surface area contributed by atoms with Gasteiger partial charge in [0.2, 0.25) is 0 Å². The highest BCUT2D eigenvalue weighted by Crippen LogP contribution is 2.25. The summed E-state index contributed by atoms with van der Waals surface area (Å²) in [5.74, 6) is -0.647. The van der Waals surface area contributed by atoms with E-state index in [1.807, 2.05) is 0 Å². The molecule has 0 atom stereocenters. The highest BCUT2D eigenvalue weighted by atomic mass is 32.2. The van der Waals surface area contributed by atoms with Crippen molar-refractivity contribution in [3.05, 3.63) is 66.2 Å². The zero-order valence-electron chi connectivity index (χ0n) is 15.3. The second-order valence-corrected chi connectivity index (χ2v) is 9.02. The molecule has 0 radical (unpaired) electrons. The lowest BCUT2D eigenvalue weighted by molar-refractivity contribution is 0.0725. The lowest BCUT2D eigenvalue weighted by atomic mass is 10.1. The lowest BCUT2D eigenvalue weighted by Crippen LogP contribution is -2.42. The van der Waals surface area contributed by atoms with E-state index in [1.54, 1.807) is 29.2 Å². The Morgan fingerprint density at radius 3 is 2.45 bits per heavy atom. The predicted octanol–water partition coefficient (Wildman–Crippen LogP) is 1.88. The van der Waals surface area contributed by atoms with Crippen LogP contribution < -0.4 is 0 Å². The molecule has 1 aliphatic rings. The molecule has 4 rings (SSSR count). The fraction of sp³-hybridized carbons (Fsp3) is 0.263. The van der Waals surface area contributed by atoms with E-state index in [9.17, 15) is 17.6 Å². The van der Waals surface area contributed by atoms with Gasteiger partial charge in [0, 0.05) is 18.7 Å². The fourth-order valence-electron chi connectivity index (χ4n) is 3.43. The number of rotatable bonds is 4. The van der Waals surface area contributed by atoms with Crippen LogP contribution in [0.25, 0.3) is 5.69 Å². The topological polar surface area (TPSA) is 98.1 Å². The van der Waals surface area contributed by atoms with Crippen molar-refractivity contribution < 1.29 is 17.6 Å². The molecule has 2 aromatic carbocycles. The maximum atomic E-state index is 13.1. The lowest BCUT2D eigenvalue weighted by Gasteiger charge is -2.32. The Morgan fingerprint density at radius 1 is 1.07 bits per heavy atom. The van der Waals surface area contributed by atoms with Gasteiger partial charge >= 0.3 is 0 Å². The standard InChI is InChI=1S/C19H18FN5O3S/c20-15-4-6-17(7-5-15)29(27,28)18-8-10-24(11-9-18)19(26)14-2-1-3-16(12-14)25-13-21-22-23-25/h1-7,12-13,18H,8-11H2. The monoisotopic (exact) mass is 415 g/mol. The molecule has 1 aliphatic heterocycles. The number of carbonyl (C=O) groups excluding carboxylic acids is 1. The number of tetrazole rings is 1. The van der Waals surface area contributed by atoms with E-state index in [0.29, 0.717) is 37.2 Å².